The molecule has 0 saturated carbocycles. The molecule has 23 heavy (non-hydrogen) atoms. The first kappa shape index (κ1) is 15.5. The van der Waals surface area contributed by atoms with E-state index in [2.05, 4.69) is 6.92 Å². The Morgan fingerprint density at radius 3 is 2.00 bits per heavy atom. The molecule has 0 aliphatic carbocycles. The number of nitrogens with zero attached hydrogens (tertiary/aromatic N) is 2. The predicted molar refractivity (Wildman–Crippen MR) is 95.3 cm³/mol. The van der Waals surface area contributed by atoms with Crippen molar-refractivity contribution in [1.82, 2.24) is 0 Å². The van der Waals surface area contributed by atoms with Crippen LogP contribution in [0.3, 0.4) is 0 Å². The third kappa shape index (κ3) is 2.19. The zero-order valence-corrected chi connectivity index (χ0v) is 14.1. The Balaban J connectivity index is 2.06. The van der Waals surface area contributed by atoms with Crippen LogP contribution < -0.4 is 4.90 Å². The highest BCUT2D eigenvalue weighted by Crippen LogP contribution is 2.51. The Morgan fingerprint density at radius 1 is 0.913 bits per heavy atom. The predicted octanol–water partition coefficient (Wildman–Crippen LogP) is 4.61. The SMILES string of the molecule is CC(=Nc1ccccc1)C1(C)N(c2ccccc2)C(=O)C1(C)C. The molecule has 118 valence electrons. The number of para-hydroxylation sites is 2. The van der Waals surface area contributed by atoms with Crippen molar-refractivity contribution in [3.8, 4) is 0 Å². The topological polar surface area (TPSA) is 32.7 Å². The minimum absolute atomic E-state index is 0.133. The van der Waals surface area contributed by atoms with Crippen LogP contribution in [-0.2, 0) is 4.79 Å². The van der Waals surface area contributed by atoms with E-state index >= 15 is 0 Å². The van der Waals surface area contributed by atoms with Crippen molar-refractivity contribution in [3.63, 3.8) is 0 Å². The maximum absolute atomic E-state index is 12.7. The Hall–Kier alpha value is -2.42. The number of carbonyl (C=O) groups excluding carboxylic acids is 1. The molecular weight excluding hydrogens is 284 g/mol. The van der Waals surface area contributed by atoms with Gasteiger partial charge in [0.2, 0.25) is 5.91 Å². The van der Waals surface area contributed by atoms with E-state index in [-0.39, 0.29) is 5.91 Å². The summed E-state index contributed by atoms with van der Waals surface area (Å²) < 4.78 is 0. The van der Waals surface area contributed by atoms with E-state index in [0.29, 0.717) is 0 Å². The molecule has 1 amide bonds. The van der Waals surface area contributed by atoms with Crippen molar-refractivity contribution in [2.45, 2.75) is 33.2 Å². The van der Waals surface area contributed by atoms with Crippen LogP contribution in [0.4, 0.5) is 11.4 Å². The maximum Gasteiger partial charge on any atom is 0.236 e. The van der Waals surface area contributed by atoms with Crippen LogP contribution in [0.5, 0.6) is 0 Å². The number of hydrogen-bond donors (Lipinski definition) is 0. The second-order valence-electron chi connectivity index (χ2n) is 6.71. The largest absolute Gasteiger partial charge is 0.300 e. The summed E-state index contributed by atoms with van der Waals surface area (Å²) in [6.45, 7) is 8.11. The van der Waals surface area contributed by atoms with E-state index in [9.17, 15) is 4.79 Å². The zero-order valence-electron chi connectivity index (χ0n) is 14.1. The van der Waals surface area contributed by atoms with E-state index < -0.39 is 11.0 Å². The van der Waals surface area contributed by atoms with Gasteiger partial charge in [-0.1, -0.05) is 36.4 Å². The summed E-state index contributed by atoms with van der Waals surface area (Å²) in [6, 6.07) is 19.7. The maximum atomic E-state index is 12.7. The summed E-state index contributed by atoms with van der Waals surface area (Å²) in [6.07, 6.45) is 0. The molecule has 3 nitrogen and oxygen atoms in total. The van der Waals surface area contributed by atoms with E-state index in [1.54, 1.807) is 0 Å². The minimum Gasteiger partial charge on any atom is -0.300 e. The average molecular weight is 306 g/mol. The quantitative estimate of drug-likeness (QED) is 0.602. The van der Waals surface area contributed by atoms with Crippen molar-refractivity contribution in [3.05, 3.63) is 60.7 Å². The number of anilines is 1. The Bertz CT molecular complexity index is 750. The summed E-state index contributed by atoms with van der Waals surface area (Å²) in [5.74, 6) is 0.133. The number of benzene rings is 2. The lowest BCUT2D eigenvalue weighted by Crippen LogP contribution is -2.78. The van der Waals surface area contributed by atoms with Crippen LogP contribution in [-0.4, -0.2) is 17.2 Å². The van der Waals surface area contributed by atoms with Gasteiger partial charge >= 0.3 is 0 Å². The highest BCUT2D eigenvalue weighted by Gasteiger charge is 2.65. The summed E-state index contributed by atoms with van der Waals surface area (Å²) >= 11 is 0. The van der Waals surface area contributed by atoms with Gasteiger partial charge in [-0.05, 0) is 52.0 Å². The Morgan fingerprint density at radius 2 is 1.43 bits per heavy atom. The molecule has 1 aliphatic heterocycles. The van der Waals surface area contributed by atoms with Gasteiger partial charge in [0, 0.05) is 11.4 Å². The van der Waals surface area contributed by atoms with Gasteiger partial charge in [0.15, 0.2) is 0 Å². The second kappa shape index (κ2) is 5.34. The van der Waals surface area contributed by atoms with Crippen molar-refractivity contribution < 1.29 is 4.79 Å². The third-order valence-corrected chi connectivity index (χ3v) is 5.17. The summed E-state index contributed by atoms with van der Waals surface area (Å²) in [5, 5.41) is 0. The highest BCUT2D eigenvalue weighted by molar-refractivity contribution is 6.18. The number of rotatable bonds is 3. The van der Waals surface area contributed by atoms with Gasteiger partial charge in [-0.25, -0.2) is 0 Å². The highest BCUT2D eigenvalue weighted by atomic mass is 16.2. The molecule has 1 fully saturated rings. The van der Waals surface area contributed by atoms with Gasteiger partial charge in [0.25, 0.3) is 0 Å². The fraction of sp³-hybridized carbons (Fsp3) is 0.300. The second-order valence-corrected chi connectivity index (χ2v) is 6.71. The first-order valence-electron chi connectivity index (χ1n) is 7.89. The van der Waals surface area contributed by atoms with Crippen molar-refractivity contribution >= 4 is 23.0 Å². The van der Waals surface area contributed by atoms with Crippen molar-refractivity contribution in [2.75, 3.05) is 4.90 Å². The summed E-state index contributed by atoms with van der Waals surface area (Å²) in [7, 11) is 0. The van der Waals surface area contributed by atoms with E-state index in [1.807, 2.05) is 86.3 Å². The molecule has 1 aliphatic rings. The van der Waals surface area contributed by atoms with Gasteiger partial charge in [0.1, 0.15) is 0 Å². The third-order valence-electron chi connectivity index (χ3n) is 5.17. The number of hydrogen-bond acceptors (Lipinski definition) is 2. The molecule has 1 saturated heterocycles. The molecule has 2 aromatic carbocycles. The van der Waals surface area contributed by atoms with E-state index in [1.165, 1.54) is 0 Å². The van der Waals surface area contributed by atoms with Crippen LogP contribution in [0.15, 0.2) is 65.7 Å². The molecule has 0 bridgehead atoms. The standard InChI is InChI=1S/C20H22N2O/c1-15(21-16-11-7-5-8-12-16)20(4)19(2,3)18(23)22(20)17-13-9-6-10-14-17/h5-14H,1-4H3. The average Bonchev–Trinajstić information content (AvgIpc) is 2.56. The van der Waals surface area contributed by atoms with Crippen molar-refractivity contribution in [1.29, 1.82) is 0 Å². The van der Waals surface area contributed by atoms with Crippen LogP contribution in [0.1, 0.15) is 27.7 Å². The molecule has 2 aromatic rings. The van der Waals surface area contributed by atoms with Crippen LogP contribution in [0.2, 0.25) is 0 Å². The normalized spacial score (nSPS) is 23.6. The van der Waals surface area contributed by atoms with Gasteiger partial charge in [-0.3, -0.25) is 14.7 Å². The molecular formula is C20H22N2O. The van der Waals surface area contributed by atoms with Gasteiger partial charge in [0.05, 0.1) is 16.6 Å². The fourth-order valence-electron chi connectivity index (χ4n) is 3.29. The van der Waals surface area contributed by atoms with Crippen molar-refractivity contribution in [2.24, 2.45) is 10.4 Å². The minimum atomic E-state index is -0.481. The van der Waals surface area contributed by atoms with Gasteiger partial charge in [-0.15, -0.1) is 0 Å². The van der Waals surface area contributed by atoms with Crippen LogP contribution in [0, 0.1) is 5.41 Å². The smallest absolute Gasteiger partial charge is 0.236 e. The Kier molecular flexibility index (Phi) is 3.59. The fourth-order valence-corrected chi connectivity index (χ4v) is 3.29. The van der Waals surface area contributed by atoms with E-state index in [4.69, 9.17) is 4.99 Å². The lowest BCUT2D eigenvalue weighted by atomic mass is 9.61. The van der Waals surface area contributed by atoms with E-state index in [0.717, 1.165) is 17.1 Å². The molecule has 0 spiro atoms. The first-order valence-corrected chi connectivity index (χ1v) is 7.89. The van der Waals surface area contributed by atoms with Crippen LogP contribution >= 0.6 is 0 Å². The first-order chi connectivity index (χ1) is 10.9. The lowest BCUT2D eigenvalue weighted by Gasteiger charge is -2.61. The van der Waals surface area contributed by atoms with Gasteiger partial charge in [-0.2, -0.15) is 0 Å². The number of carbonyl (C=O) groups is 1. The monoisotopic (exact) mass is 306 g/mol. The van der Waals surface area contributed by atoms with Crippen LogP contribution in [0.25, 0.3) is 0 Å². The summed E-state index contributed by atoms with van der Waals surface area (Å²) in [5.41, 5.74) is 1.85. The number of aliphatic imine (C=N–C) groups is 1. The zero-order chi connectivity index (χ0) is 16.7. The number of amides is 1. The Labute approximate surface area is 137 Å². The molecule has 3 rings (SSSR count). The molecule has 1 heterocycles. The number of β-lactam (4-membered cyclic amide) rings is 1. The molecule has 3 heteroatoms. The summed E-state index contributed by atoms with van der Waals surface area (Å²) in [4.78, 5) is 19.4. The molecule has 0 aromatic heterocycles. The molecule has 1 atom stereocenters. The molecule has 0 radical (unpaired) electrons. The lowest BCUT2D eigenvalue weighted by molar-refractivity contribution is -0.139. The molecule has 1 unspecified atom stereocenters. The van der Waals surface area contributed by atoms with Gasteiger partial charge < -0.3 is 0 Å². The molecule has 0 N–H and O–H groups in total.